The van der Waals surface area contributed by atoms with Crippen LogP contribution in [-0.4, -0.2) is 48.7 Å². The number of benzene rings is 1. The van der Waals surface area contributed by atoms with E-state index in [4.69, 9.17) is 10.4 Å². The number of carbonyl (C=O) groups excluding carboxylic acids is 2. The van der Waals surface area contributed by atoms with Gasteiger partial charge in [0.15, 0.2) is 5.82 Å². The molecule has 0 spiro atoms. The zero-order chi connectivity index (χ0) is 17.9. The minimum absolute atomic E-state index is 0.0258. The zero-order valence-corrected chi connectivity index (χ0v) is 13.2. The van der Waals surface area contributed by atoms with Crippen LogP contribution in [0.25, 0.3) is 0 Å². The number of methoxy groups -OCH3 is 1. The van der Waals surface area contributed by atoms with Crippen molar-refractivity contribution in [3.8, 4) is 6.07 Å². The number of esters is 1. The van der Waals surface area contributed by atoms with E-state index in [2.05, 4.69) is 10.1 Å². The van der Waals surface area contributed by atoms with Gasteiger partial charge in [-0.05, 0) is 19.1 Å². The summed E-state index contributed by atoms with van der Waals surface area (Å²) in [5, 5.41) is 20.5. The molecule has 2 N–H and O–H groups in total. The smallest absolute Gasteiger partial charge is 0.337 e. The maximum atomic E-state index is 14.4. The normalized spacial score (nSPS) is 14.0. The molecule has 0 saturated carbocycles. The topological polar surface area (TPSA) is 103 Å². The Morgan fingerprint density at radius 1 is 1.54 bits per heavy atom. The molecule has 0 fully saturated rings. The Morgan fingerprint density at radius 2 is 2.25 bits per heavy atom. The molecule has 1 amide bonds. The molecule has 126 valence electrons. The van der Waals surface area contributed by atoms with E-state index in [-0.39, 0.29) is 47.8 Å². The van der Waals surface area contributed by atoms with E-state index in [0.717, 1.165) is 0 Å². The average molecular weight is 333 g/mol. The van der Waals surface area contributed by atoms with Crippen LogP contribution in [0.2, 0.25) is 0 Å². The standard InChI is InChI=1S/C16H16FN3O4/c1-9-10(7-18)3-4-12(13(9)17)19-14-11(16(23)24-2)8-20(5-6-21)15(14)22/h3-4,19,21H,5-6,8H2,1-2H3. The number of nitriles is 1. The van der Waals surface area contributed by atoms with Gasteiger partial charge < -0.3 is 20.1 Å². The molecular weight excluding hydrogens is 317 g/mol. The summed E-state index contributed by atoms with van der Waals surface area (Å²) in [4.78, 5) is 25.5. The number of carbonyl (C=O) groups is 2. The lowest BCUT2D eigenvalue weighted by atomic mass is 10.1. The number of nitrogens with zero attached hydrogens (tertiary/aromatic N) is 2. The van der Waals surface area contributed by atoms with Crippen molar-refractivity contribution in [2.75, 3.05) is 32.1 Å². The zero-order valence-electron chi connectivity index (χ0n) is 13.2. The molecule has 8 heteroatoms. The first kappa shape index (κ1) is 17.4. The van der Waals surface area contributed by atoms with Crippen molar-refractivity contribution < 1.29 is 23.8 Å². The summed E-state index contributed by atoms with van der Waals surface area (Å²) in [7, 11) is 1.18. The lowest BCUT2D eigenvalue weighted by Crippen LogP contribution is -2.31. The van der Waals surface area contributed by atoms with Crippen LogP contribution in [0.3, 0.4) is 0 Å². The van der Waals surface area contributed by atoms with Crippen LogP contribution in [0.4, 0.5) is 10.1 Å². The highest BCUT2D eigenvalue weighted by atomic mass is 19.1. The average Bonchev–Trinajstić information content (AvgIpc) is 2.88. The summed E-state index contributed by atoms with van der Waals surface area (Å²) < 4.78 is 19.0. The van der Waals surface area contributed by atoms with Crippen LogP contribution in [0, 0.1) is 24.1 Å². The molecule has 1 aliphatic heterocycles. The second-order valence-corrected chi connectivity index (χ2v) is 5.13. The summed E-state index contributed by atoms with van der Waals surface area (Å²) in [6.45, 7) is 1.19. The molecule has 0 bridgehead atoms. The Morgan fingerprint density at radius 3 is 2.83 bits per heavy atom. The fourth-order valence-corrected chi connectivity index (χ4v) is 2.39. The molecule has 0 atom stereocenters. The van der Waals surface area contributed by atoms with Crippen molar-refractivity contribution in [3.63, 3.8) is 0 Å². The molecule has 24 heavy (non-hydrogen) atoms. The Kier molecular flexibility index (Phi) is 5.16. The Bertz CT molecular complexity index is 767. The SMILES string of the molecule is COC(=O)C1=C(Nc2ccc(C#N)c(C)c2F)C(=O)N(CCO)C1. The van der Waals surface area contributed by atoms with Gasteiger partial charge in [-0.3, -0.25) is 4.79 Å². The second kappa shape index (κ2) is 7.10. The molecule has 0 radical (unpaired) electrons. The minimum Gasteiger partial charge on any atom is -0.466 e. The molecule has 1 aliphatic rings. The number of hydrogen-bond acceptors (Lipinski definition) is 6. The van der Waals surface area contributed by atoms with E-state index in [1.54, 1.807) is 0 Å². The molecule has 0 aromatic heterocycles. The molecule has 1 heterocycles. The van der Waals surface area contributed by atoms with E-state index < -0.39 is 17.7 Å². The predicted molar refractivity (Wildman–Crippen MR) is 82.2 cm³/mol. The molecule has 0 saturated heterocycles. The van der Waals surface area contributed by atoms with Gasteiger partial charge in [0.1, 0.15) is 5.70 Å². The number of nitrogens with one attached hydrogen (secondary N) is 1. The largest absolute Gasteiger partial charge is 0.466 e. The van der Waals surface area contributed by atoms with E-state index in [9.17, 15) is 14.0 Å². The lowest BCUT2D eigenvalue weighted by molar-refractivity contribution is -0.136. The number of rotatable bonds is 5. The van der Waals surface area contributed by atoms with Crippen LogP contribution in [0.15, 0.2) is 23.4 Å². The fraction of sp³-hybridized carbons (Fsp3) is 0.312. The van der Waals surface area contributed by atoms with Gasteiger partial charge in [0.05, 0.1) is 43.2 Å². The van der Waals surface area contributed by atoms with E-state index >= 15 is 0 Å². The molecule has 1 aromatic carbocycles. The molecular formula is C16H16FN3O4. The van der Waals surface area contributed by atoms with E-state index in [1.807, 2.05) is 6.07 Å². The van der Waals surface area contributed by atoms with Crippen LogP contribution in [0.5, 0.6) is 0 Å². The predicted octanol–water partition coefficient (Wildman–Crippen LogP) is 0.679. The highest BCUT2D eigenvalue weighted by Crippen LogP contribution is 2.26. The van der Waals surface area contributed by atoms with Crippen molar-refractivity contribution in [2.45, 2.75) is 6.92 Å². The maximum absolute atomic E-state index is 14.4. The van der Waals surface area contributed by atoms with Crippen LogP contribution < -0.4 is 5.32 Å². The van der Waals surface area contributed by atoms with E-state index in [1.165, 1.54) is 31.1 Å². The second-order valence-electron chi connectivity index (χ2n) is 5.13. The lowest BCUT2D eigenvalue weighted by Gasteiger charge is -2.15. The number of hydrogen-bond donors (Lipinski definition) is 2. The Hall–Kier alpha value is -2.92. The quantitative estimate of drug-likeness (QED) is 0.768. The van der Waals surface area contributed by atoms with Gasteiger partial charge in [-0.1, -0.05) is 0 Å². The molecule has 1 aromatic rings. The van der Waals surface area contributed by atoms with Gasteiger partial charge in [-0.2, -0.15) is 5.26 Å². The fourth-order valence-electron chi connectivity index (χ4n) is 2.39. The minimum atomic E-state index is -0.711. The number of ether oxygens (including phenoxy) is 1. The van der Waals surface area contributed by atoms with Crippen LogP contribution in [0.1, 0.15) is 11.1 Å². The first-order valence-corrected chi connectivity index (χ1v) is 7.12. The van der Waals surface area contributed by atoms with Crippen molar-refractivity contribution in [1.29, 1.82) is 5.26 Å². The van der Waals surface area contributed by atoms with Crippen molar-refractivity contribution in [2.24, 2.45) is 0 Å². The summed E-state index contributed by atoms with van der Waals surface area (Å²) >= 11 is 0. The molecule has 2 rings (SSSR count). The summed E-state index contributed by atoms with van der Waals surface area (Å²) in [6, 6.07) is 4.61. The highest BCUT2D eigenvalue weighted by molar-refractivity contribution is 6.08. The summed E-state index contributed by atoms with van der Waals surface area (Å²) in [6.07, 6.45) is 0. The van der Waals surface area contributed by atoms with Gasteiger partial charge in [0, 0.05) is 12.1 Å². The third-order valence-corrected chi connectivity index (χ3v) is 3.72. The third kappa shape index (κ3) is 3.07. The first-order chi connectivity index (χ1) is 11.4. The molecule has 0 aliphatic carbocycles. The summed E-state index contributed by atoms with van der Waals surface area (Å²) in [5.74, 6) is -1.93. The van der Waals surface area contributed by atoms with Crippen molar-refractivity contribution >= 4 is 17.6 Å². The summed E-state index contributed by atoms with van der Waals surface area (Å²) in [5.41, 5.74) is 0.248. The first-order valence-electron chi connectivity index (χ1n) is 7.12. The maximum Gasteiger partial charge on any atom is 0.337 e. The number of aliphatic hydroxyl groups is 1. The number of amides is 1. The number of β-amino-alcohol motifs (C(OH)–C–C–N with tert-alkyl or cyclic N) is 1. The van der Waals surface area contributed by atoms with Gasteiger partial charge in [0.2, 0.25) is 0 Å². The van der Waals surface area contributed by atoms with Gasteiger partial charge >= 0.3 is 5.97 Å². The molecule has 0 unspecified atom stereocenters. The van der Waals surface area contributed by atoms with Gasteiger partial charge in [0.25, 0.3) is 5.91 Å². The highest BCUT2D eigenvalue weighted by Gasteiger charge is 2.34. The van der Waals surface area contributed by atoms with E-state index in [0.29, 0.717) is 0 Å². The van der Waals surface area contributed by atoms with Crippen LogP contribution >= 0.6 is 0 Å². The van der Waals surface area contributed by atoms with Gasteiger partial charge in [-0.25, -0.2) is 9.18 Å². The third-order valence-electron chi connectivity index (χ3n) is 3.72. The molecule has 7 nitrogen and oxygen atoms in total. The van der Waals surface area contributed by atoms with Crippen LogP contribution in [-0.2, 0) is 14.3 Å². The number of anilines is 1. The number of aliphatic hydroxyl groups excluding tert-OH is 1. The van der Waals surface area contributed by atoms with Crippen molar-refractivity contribution in [3.05, 3.63) is 40.3 Å². The van der Waals surface area contributed by atoms with Crippen molar-refractivity contribution in [1.82, 2.24) is 4.90 Å². The monoisotopic (exact) mass is 333 g/mol. The Balaban J connectivity index is 2.41. The van der Waals surface area contributed by atoms with Gasteiger partial charge in [-0.15, -0.1) is 0 Å². The number of halogens is 1. The Labute approximate surface area is 137 Å².